The second kappa shape index (κ2) is 12.4. The van der Waals surface area contributed by atoms with Gasteiger partial charge in [-0.25, -0.2) is 4.79 Å². The smallest absolute Gasteiger partial charge is 0.331 e. The zero-order valence-corrected chi connectivity index (χ0v) is 23.8. The number of benzene rings is 1. The molecule has 1 rings (SSSR count). The standard InChI is InChI=1S/C28H46N4O4/c1-17(2)21(16-18(3)26(35)36)32(11)25(34)23(27(4,5)6)31-24(33)22(30-10)28(7,8)19-12-14-20(29-9)15-13-19/h12-17,21-23,29-30H,1-11H3,(H,31,33)(H,35,36)/b18-16+/t21-,22?,23-/m1/s1. The van der Waals surface area contributed by atoms with Crippen LogP contribution in [0.4, 0.5) is 5.69 Å². The number of amides is 2. The van der Waals surface area contributed by atoms with Crippen molar-refractivity contribution in [3.05, 3.63) is 41.5 Å². The van der Waals surface area contributed by atoms with Crippen LogP contribution in [0.1, 0.15) is 61.0 Å². The van der Waals surface area contributed by atoms with Crippen LogP contribution in [0.3, 0.4) is 0 Å². The maximum absolute atomic E-state index is 13.7. The highest BCUT2D eigenvalue weighted by Crippen LogP contribution is 2.30. The zero-order valence-electron chi connectivity index (χ0n) is 23.8. The number of carbonyl (C=O) groups excluding carboxylic acids is 2. The first kappa shape index (κ1) is 31.2. The van der Waals surface area contributed by atoms with E-state index in [1.165, 1.54) is 6.92 Å². The van der Waals surface area contributed by atoms with Crippen molar-refractivity contribution in [2.75, 3.05) is 26.5 Å². The first-order chi connectivity index (χ1) is 16.5. The van der Waals surface area contributed by atoms with Gasteiger partial charge in [0.2, 0.25) is 11.8 Å². The minimum Gasteiger partial charge on any atom is -0.478 e. The second-order valence-electron chi connectivity index (χ2n) is 11.4. The zero-order chi connectivity index (χ0) is 28.0. The van der Waals surface area contributed by atoms with Gasteiger partial charge in [-0.1, -0.05) is 66.7 Å². The lowest BCUT2D eigenvalue weighted by Crippen LogP contribution is -2.61. The predicted molar refractivity (Wildman–Crippen MR) is 146 cm³/mol. The Morgan fingerprint density at radius 2 is 1.50 bits per heavy atom. The summed E-state index contributed by atoms with van der Waals surface area (Å²) >= 11 is 0. The van der Waals surface area contributed by atoms with Gasteiger partial charge in [0.05, 0.1) is 12.1 Å². The van der Waals surface area contributed by atoms with Gasteiger partial charge in [0.25, 0.3) is 0 Å². The molecule has 0 spiro atoms. The summed E-state index contributed by atoms with van der Waals surface area (Å²) in [5.74, 6) is -1.59. The topological polar surface area (TPSA) is 111 Å². The van der Waals surface area contributed by atoms with E-state index in [4.69, 9.17) is 0 Å². The normalized spacial score (nSPS) is 15.2. The van der Waals surface area contributed by atoms with Crippen molar-refractivity contribution in [2.45, 2.75) is 78.9 Å². The predicted octanol–water partition coefficient (Wildman–Crippen LogP) is 3.64. The lowest BCUT2D eigenvalue weighted by Gasteiger charge is -2.40. The molecule has 0 saturated heterocycles. The quantitative estimate of drug-likeness (QED) is 0.344. The van der Waals surface area contributed by atoms with Gasteiger partial charge in [-0.05, 0) is 43.0 Å². The van der Waals surface area contributed by atoms with E-state index in [1.807, 2.05) is 79.8 Å². The van der Waals surface area contributed by atoms with Crippen molar-refractivity contribution in [1.82, 2.24) is 15.5 Å². The minimum atomic E-state index is -1.02. The Kier molecular flexibility index (Phi) is 10.7. The third-order valence-electron chi connectivity index (χ3n) is 6.83. The van der Waals surface area contributed by atoms with Crippen LogP contribution < -0.4 is 16.0 Å². The molecule has 0 aromatic heterocycles. The molecule has 0 bridgehead atoms. The van der Waals surface area contributed by atoms with E-state index in [1.54, 1.807) is 25.1 Å². The highest BCUT2D eigenvalue weighted by molar-refractivity contribution is 5.91. The number of anilines is 1. The number of likely N-dealkylation sites (N-methyl/N-ethyl adjacent to an activating group) is 2. The monoisotopic (exact) mass is 502 g/mol. The lowest BCUT2D eigenvalue weighted by molar-refractivity contribution is -0.141. The van der Waals surface area contributed by atoms with Crippen LogP contribution in [0.5, 0.6) is 0 Å². The molecule has 36 heavy (non-hydrogen) atoms. The number of hydrogen-bond donors (Lipinski definition) is 4. The van der Waals surface area contributed by atoms with Crippen LogP contribution in [0.15, 0.2) is 35.9 Å². The molecule has 1 aromatic rings. The first-order valence-corrected chi connectivity index (χ1v) is 12.4. The lowest BCUT2D eigenvalue weighted by atomic mass is 9.76. The molecule has 0 aliphatic rings. The van der Waals surface area contributed by atoms with Crippen molar-refractivity contribution in [3.63, 3.8) is 0 Å². The maximum atomic E-state index is 13.7. The number of rotatable bonds is 11. The fourth-order valence-corrected chi connectivity index (χ4v) is 4.36. The number of hydrogen-bond acceptors (Lipinski definition) is 5. The third-order valence-corrected chi connectivity index (χ3v) is 6.83. The van der Waals surface area contributed by atoms with Crippen LogP contribution in [0.25, 0.3) is 0 Å². The van der Waals surface area contributed by atoms with E-state index in [0.717, 1.165) is 11.3 Å². The number of carboxylic acid groups (broad SMARTS) is 1. The van der Waals surface area contributed by atoms with E-state index in [0.29, 0.717) is 0 Å². The molecular formula is C28H46N4O4. The fourth-order valence-electron chi connectivity index (χ4n) is 4.36. The fraction of sp³-hybridized carbons (Fsp3) is 0.607. The van der Waals surface area contributed by atoms with Crippen LogP contribution in [0, 0.1) is 11.3 Å². The largest absolute Gasteiger partial charge is 0.478 e. The van der Waals surface area contributed by atoms with Crippen molar-refractivity contribution in [3.8, 4) is 0 Å². The second-order valence-corrected chi connectivity index (χ2v) is 11.4. The van der Waals surface area contributed by atoms with Crippen molar-refractivity contribution < 1.29 is 19.5 Å². The number of carboxylic acids is 1. The van der Waals surface area contributed by atoms with Crippen LogP contribution in [-0.4, -0.2) is 67.1 Å². The van der Waals surface area contributed by atoms with E-state index >= 15 is 0 Å². The summed E-state index contributed by atoms with van der Waals surface area (Å²) in [6, 6.07) is 6.08. The Morgan fingerprint density at radius 3 is 1.89 bits per heavy atom. The van der Waals surface area contributed by atoms with Gasteiger partial charge in [0, 0.05) is 30.8 Å². The summed E-state index contributed by atoms with van der Waals surface area (Å²) in [6.45, 7) is 15.1. The Bertz CT molecular complexity index is 945. The number of nitrogens with zero attached hydrogens (tertiary/aromatic N) is 1. The van der Waals surface area contributed by atoms with Gasteiger partial charge in [-0.3, -0.25) is 9.59 Å². The third kappa shape index (κ3) is 7.56. The SMILES string of the molecule is CNc1ccc(C(C)(C)C(NC)C(=O)N[C@H](C(=O)N(C)[C@H](/C=C(\C)C(=O)O)C(C)C)C(C)(C)C)cc1. The van der Waals surface area contributed by atoms with Gasteiger partial charge in [-0.15, -0.1) is 0 Å². The summed E-state index contributed by atoms with van der Waals surface area (Å²) < 4.78 is 0. The summed E-state index contributed by atoms with van der Waals surface area (Å²) in [5.41, 5.74) is 0.996. The maximum Gasteiger partial charge on any atom is 0.331 e. The highest BCUT2D eigenvalue weighted by atomic mass is 16.4. The molecule has 0 heterocycles. The van der Waals surface area contributed by atoms with Crippen LogP contribution in [0.2, 0.25) is 0 Å². The van der Waals surface area contributed by atoms with Gasteiger partial charge < -0.3 is 26.0 Å². The number of carbonyl (C=O) groups is 3. The molecule has 2 amide bonds. The van der Waals surface area contributed by atoms with Crippen molar-refractivity contribution >= 4 is 23.5 Å². The molecule has 0 saturated carbocycles. The van der Waals surface area contributed by atoms with Crippen molar-refractivity contribution in [2.24, 2.45) is 11.3 Å². The van der Waals surface area contributed by atoms with Crippen LogP contribution >= 0.6 is 0 Å². The summed E-state index contributed by atoms with van der Waals surface area (Å²) in [7, 11) is 5.25. The molecule has 4 N–H and O–H groups in total. The molecule has 8 nitrogen and oxygen atoms in total. The Morgan fingerprint density at radius 1 is 0.972 bits per heavy atom. The number of nitrogens with one attached hydrogen (secondary N) is 3. The number of aliphatic carboxylic acids is 1. The summed E-state index contributed by atoms with van der Waals surface area (Å²) in [4.78, 5) is 40.3. The Labute approximate surface area is 216 Å². The molecule has 0 radical (unpaired) electrons. The molecule has 8 heteroatoms. The molecule has 0 fully saturated rings. The molecule has 1 unspecified atom stereocenters. The van der Waals surface area contributed by atoms with Gasteiger partial charge in [0.1, 0.15) is 6.04 Å². The summed E-state index contributed by atoms with van der Waals surface area (Å²) in [5, 5.41) is 18.6. The Balaban J connectivity index is 3.30. The van der Waals surface area contributed by atoms with Gasteiger partial charge in [0.15, 0.2) is 0 Å². The average Bonchev–Trinajstić information content (AvgIpc) is 2.79. The first-order valence-electron chi connectivity index (χ1n) is 12.4. The minimum absolute atomic E-state index is 0.0193. The van der Waals surface area contributed by atoms with Crippen molar-refractivity contribution in [1.29, 1.82) is 0 Å². The van der Waals surface area contributed by atoms with E-state index in [9.17, 15) is 19.5 Å². The Hall–Kier alpha value is -2.87. The van der Waals surface area contributed by atoms with Gasteiger partial charge in [-0.2, -0.15) is 0 Å². The molecule has 1 aromatic carbocycles. The van der Waals surface area contributed by atoms with Gasteiger partial charge >= 0.3 is 5.97 Å². The van der Waals surface area contributed by atoms with Crippen LogP contribution in [-0.2, 0) is 19.8 Å². The summed E-state index contributed by atoms with van der Waals surface area (Å²) in [6.07, 6.45) is 1.60. The molecule has 0 aliphatic heterocycles. The molecular weight excluding hydrogens is 456 g/mol. The molecule has 0 aliphatic carbocycles. The molecule has 202 valence electrons. The van der Waals surface area contributed by atoms with E-state index < -0.39 is 34.9 Å². The van der Waals surface area contributed by atoms with E-state index in [-0.39, 0.29) is 23.3 Å². The molecule has 3 atom stereocenters. The average molecular weight is 503 g/mol. The highest BCUT2D eigenvalue weighted by Gasteiger charge is 2.41. The van der Waals surface area contributed by atoms with E-state index in [2.05, 4.69) is 16.0 Å².